The van der Waals surface area contributed by atoms with Crippen LogP contribution >= 0.6 is 15.9 Å². The monoisotopic (exact) mass is 414 g/mol. The van der Waals surface area contributed by atoms with Gasteiger partial charge in [-0.15, -0.1) is 0 Å². The van der Waals surface area contributed by atoms with Gasteiger partial charge in [0.25, 0.3) is 0 Å². The van der Waals surface area contributed by atoms with Crippen LogP contribution in [0, 0.1) is 0 Å². The highest BCUT2D eigenvalue weighted by Crippen LogP contribution is 2.29. The Balaban J connectivity index is 2.05. The maximum Gasteiger partial charge on any atom is 0.127 e. The second-order valence-electron chi connectivity index (χ2n) is 6.72. The van der Waals surface area contributed by atoms with Crippen LogP contribution in [-0.4, -0.2) is 34.6 Å². The third kappa shape index (κ3) is 4.17. The number of benzene rings is 2. The fourth-order valence-corrected chi connectivity index (χ4v) is 3.85. The number of nitrogens with two attached hydrogens (primary N) is 1. The van der Waals surface area contributed by atoms with Crippen LogP contribution in [0.5, 0.6) is 0 Å². The van der Waals surface area contributed by atoms with Crippen LogP contribution in [-0.2, 0) is 6.54 Å². The first kappa shape index (κ1) is 19.1. The molecule has 0 spiro atoms. The van der Waals surface area contributed by atoms with Crippen LogP contribution in [0.25, 0.3) is 11.0 Å². The zero-order chi connectivity index (χ0) is 18.5. The second-order valence-corrected chi connectivity index (χ2v) is 7.64. The van der Waals surface area contributed by atoms with E-state index in [1.54, 1.807) is 0 Å². The van der Waals surface area contributed by atoms with E-state index in [1.165, 1.54) is 11.1 Å². The summed E-state index contributed by atoms with van der Waals surface area (Å²) in [6.45, 7) is 4.75. The average Bonchev–Trinajstić information content (AvgIpc) is 2.98. The summed E-state index contributed by atoms with van der Waals surface area (Å²) < 4.78 is 3.43. The molecule has 0 aliphatic heterocycles. The predicted molar refractivity (Wildman–Crippen MR) is 112 cm³/mol. The van der Waals surface area contributed by atoms with Gasteiger partial charge in [0.15, 0.2) is 0 Å². The van der Waals surface area contributed by atoms with Gasteiger partial charge >= 0.3 is 0 Å². The maximum absolute atomic E-state index is 5.71. The molecule has 0 aliphatic carbocycles. The number of aromatic nitrogens is 2. The molecule has 0 bridgehead atoms. The first-order valence-corrected chi connectivity index (χ1v) is 10.0. The molecule has 3 aromatic rings. The molecule has 1 aromatic heterocycles. The molecule has 5 heteroatoms. The smallest absolute Gasteiger partial charge is 0.127 e. The molecule has 0 amide bonds. The van der Waals surface area contributed by atoms with Crippen molar-refractivity contribution in [1.29, 1.82) is 0 Å². The van der Waals surface area contributed by atoms with E-state index in [0.717, 1.165) is 41.7 Å². The van der Waals surface area contributed by atoms with Gasteiger partial charge < -0.3 is 10.3 Å². The Kier molecular flexibility index (Phi) is 6.46. The first-order valence-electron chi connectivity index (χ1n) is 9.24. The largest absolute Gasteiger partial charge is 0.330 e. The van der Waals surface area contributed by atoms with E-state index in [9.17, 15) is 0 Å². The predicted octanol–water partition coefficient (Wildman–Crippen LogP) is 4.58. The summed E-state index contributed by atoms with van der Waals surface area (Å²) in [6, 6.07) is 17.2. The van der Waals surface area contributed by atoms with E-state index in [1.807, 2.05) is 0 Å². The minimum atomic E-state index is 0.274. The number of fused-ring (bicyclic) bond motifs is 1. The van der Waals surface area contributed by atoms with Gasteiger partial charge in [-0.25, -0.2) is 4.98 Å². The lowest BCUT2D eigenvalue weighted by Gasteiger charge is -2.27. The van der Waals surface area contributed by atoms with Gasteiger partial charge in [-0.3, -0.25) is 4.90 Å². The van der Waals surface area contributed by atoms with Crippen LogP contribution in [0.15, 0.2) is 53.0 Å². The fraction of sp³-hybridized carbons (Fsp3) is 0.381. The maximum atomic E-state index is 5.71. The summed E-state index contributed by atoms with van der Waals surface area (Å²) in [7, 11) is 2.17. The summed E-state index contributed by atoms with van der Waals surface area (Å²) in [5.41, 5.74) is 9.22. The summed E-state index contributed by atoms with van der Waals surface area (Å²) in [5, 5.41) is 0. The number of nitrogens with zero attached hydrogens (tertiary/aromatic N) is 3. The number of halogens is 1. The van der Waals surface area contributed by atoms with E-state index < -0.39 is 0 Å². The second kappa shape index (κ2) is 8.80. The van der Waals surface area contributed by atoms with Gasteiger partial charge in [-0.2, -0.15) is 0 Å². The van der Waals surface area contributed by atoms with Crippen LogP contribution in [0.2, 0.25) is 0 Å². The Morgan fingerprint density at radius 2 is 1.96 bits per heavy atom. The van der Waals surface area contributed by atoms with Gasteiger partial charge in [0.1, 0.15) is 5.82 Å². The average molecular weight is 415 g/mol. The van der Waals surface area contributed by atoms with Gasteiger partial charge in [0.2, 0.25) is 0 Å². The van der Waals surface area contributed by atoms with E-state index in [0.29, 0.717) is 6.54 Å². The van der Waals surface area contributed by atoms with Gasteiger partial charge in [-0.05, 0) is 56.7 Å². The highest BCUT2D eigenvalue weighted by molar-refractivity contribution is 9.10. The van der Waals surface area contributed by atoms with Crippen molar-refractivity contribution in [1.82, 2.24) is 14.5 Å². The van der Waals surface area contributed by atoms with Gasteiger partial charge in [-0.1, -0.05) is 53.2 Å². The Labute approximate surface area is 164 Å². The summed E-state index contributed by atoms with van der Waals surface area (Å²) in [5.74, 6) is 1.13. The number of hydrogen-bond acceptors (Lipinski definition) is 3. The van der Waals surface area contributed by atoms with Crippen molar-refractivity contribution in [2.24, 2.45) is 5.73 Å². The highest BCUT2D eigenvalue weighted by Gasteiger charge is 2.22. The van der Waals surface area contributed by atoms with E-state index in [-0.39, 0.29) is 6.04 Å². The van der Waals surface area contributed by atoms with Crippen molar-refractivity contribution in [2.75, 3.05) is 20.1 Å². The van der Waals surface area contributed by atoms with Crippen molar-refractivity contribution < 1.29 is 0 Å². The lowest BCUT2D eigenvalue weighted by Crippen LogP contribution is -2.29. The Bertz CT molecular complexity index is 844. The fourth-order valence-electron chi connectivity index (χ4n) is 3.50. The third-order valence-corrected chi connectivity index (χ3v) is 5.35. The molecular formula is C21H27BrN4. The number of imidazole rings is 1. The molecular weight excluding hydrogens is 388 g/mol. The van der Waals surface area contributed by atoms with E-state index >= 15 is 0 Å². The van der Waals surface area contributed by atoms with Crippen LogP contribution in [0.1, 0.15) is 37.2 Å². The molecule has 26 heavy (non-hydrogen) atoms. The summed E-state index contributed by atoms with van der Waals surface area (Å²) in [6.07, 6.45) is 2.01. The van der Waals surface area contributed by atoms with Crippen molar-refractivity contribution in [3.05, 3.63) is 64.4 Å². The molecule has 0 fully saturated rings. The van der Waals surface area contributed by atoms with E-state index in [4.69, 9.17) is 10.7 Å². The van der Waals surface area contributed by atoms with Crippen molar-refractivity contribution >= 4 is 27.0 Å². The molecule has 3 rings (SSSR count). The number of hydrogen-bond donors (Lipinski definition) is 1. The zero-order valence-corrected chi connectivity index (χ0v) is 17.1. The first-order chi connectivity index (χ1) is 12.6. The molecule has 0 saturated heterocycles. The molecule has 1 heterocycles. The summed E-state index contributed by atoms with van der Waals surface area (Å²) >= 11 is 3.58. The van der Waals surface area contributed by atoms with Crippen LogP contribution in [0.4, 0.5) is 0 Å². The van der Waals surface area contributed by atoms with Crippen molar-refractivity contribution in [3.8, 4) is 0 Å². The molecule has 2 aromatic carbocycles. The Hall–Kier alpha value is -1.69. The topological polar surface area (TPSA) is 47.1 Å². The summed E-state index contributed by atoms with van der Waals surface area (Å²) in [4.78, 5) is 7.41. The molecule has 1 atom stereocenters. The molecule has 4 nitrogen and oxygen atoms in total. The SMILES string of the molecule is CCC(c1nc2cc(Br)ccc2n1Cc1ccccc1)N(C)CCCN. The van der Waals surface area contributed by atoms with E-state index in [2.05, 4.69) is 87.9 Å². The van der Waals surface area contributed by atoms with Crippen LogP contribution < -0.4 is 5.73 Å². The quantitative estimate of drug-likeness (QED) is 0.586. The molecule has 138 valence electrons. The molecule has 0 saturated carbocycles. The molecule has 0 aliphatic rings. The highest BCUT2D eigenvalue weighted by atomic mass is 79.9. The van der Waals surface area contributed by atoms with Crippen molar-refractivity contribution in [3.63, 3.8) is 0 Å². The Morgan fingerprint density at radius 1 is 1.19 bits per heavy atom. The minimum Gasteiger partial charge on any atom is -0.330 e. The van der Waals surface area contributed by atoms with Crippen molar-refractivity contribution in [2.45, 2.75) is 32.4 Å². The third-order valence-electron chi connectivity index (χ3n) is 4.86. The van der Waals surface area contributed by atoms with Crippen LogP contribution in [0.3, 0.4) is 0 Å². The molecule has 0 radical (unpaired) electrons. The number of rotatable bonds is 8. The van der Waals surface area contributed by atoms with Gasteiger partial charge in [0.05, 0.1) is 17.1 Å². The van der Waals surface area contributed by atoms with Gasteiger partial charge in [0, 0.05) is 11.0 Å². The normalized spacial score (nSPS) is 12.8. The minimum absolute atomic E-state index is 0.274. The zero-order valence-electron chi connectivity index (χ0n) is 15.5. The molecule has 2 N–H and O–H groups in total. The lowest BCUT2D eigenvalue weighted by atomic mass is 10.1. The standard InChI is InChI=1S/C21H27BrN4/c1-3-19(25(2)13-7-12-23)21-24-18-14-17(22)10-11-20(18)26(21)15-16-8-5-4-6-9-16/h4-6,8-11,14,19H,3,7,12-13,15,23H2,1-2H3. The lowest BCUT2D eigenvalue weighted by molar-refractivity contribution is 0.224. The Morgan fingerprint density at radius 3 is 2.65 bits per heavy atom. The molecule has 1 unspecified atom stereocenters.